The van der Waals surface area contributed by atoms with Gasteiger partial charge in [0.15, 0.2) is 0 Å². The summed E-state index contributed by atoms with van der Waals surface area (Å²) in [6.07, 6.45) is 1.29. The fourth-order valence-corrected chi connectivity index (χ4v) is 5.52. The highest BCUT2D eigenvalue weighted by Crippen LogP contribution is 2.41. The van der Waals surface area contributed by atoms with E-state index in [0.717, 1.165) is 27.9 Å². The van der Waals surface area contributed by atoms with Gasteiger partial charge in [-0.1, -0.05) is 93.6 Å². The van der Waals surface area contributed by atoms with Crippen LogP contribution in [0.3, 0.4) is 0 Å². The van der Waals surface area contributed by atoms with E-state index in [9.17, 15) is 9.90 Å². The molecule has 0 fully saturated rings. The summed E-state index contributed by atoms with van der Waals surface area (Å²) in [6.45, 7) is 7.37. The van der Waals surface area contributed by atoms with Gasteiger partial charge in [0.05, 0.1) is 25.1 Å². The first-order valence-electron chi connectivity index (χ1n) is 12.3. The third-order valence-electron chi connectivity index (χ3n) is 6.28. The number of aliphatic hydroxyl groups is 1. The monoisotopic (exact) mass is 502 g/mol. The summed E-state index contributed by atoms with van der Waals surface area (Å²) in [5.74, 6) is 0. The molecule has 0 aromatic heterocycles. The van der Waals surface area contributed by atoms with Crippen molar-refractivity contribution in [3.63, 3.8) is 0 Å². The normalized spacial score (nSPS) is 17.1. The maximum atomic E-state index is 12.2. The predicted molar refractivity (Wildman–Crippen MR) is 146 cm³/mol. The summed E-state index contributed by atoms with van der Waals surface area (Å²) in [4.78, 5) is 13.3. The van der Waals surface area contributed by atoms with Crippen LogP contribution in [0, 0.1) is 0 Å². The van der Waals surface area contributed by atoms with Crippen molar-refractivity contribution in [3.8, 4) is 0 Å². The molecule has 188 valence electrons. The van der Waals surface area contributed by atoms with Crippen LogP contribution in [-0.2, 0) is 32.9 Å². The number of carbonyl (C=O) groups is 1. The molecule has 4 nitrogen and oxygen atoms in total. The standard InChI is InChI=1S/C31H34O4S/c1-31(2,3)26-14-15-28-24(17-26)16-25(18-32)30(36-28)29(35-20-23-12-8-5-9-13-23)27(33)21-34-19-22-10-6-4-7-11-22/h4-18,27,29-30,33H,19-21H2,1-3H3. The molecule has 0 radical (unpaired) electrons. The third kappa shape index (κ3) is 6.74. The minimum atomic E-state index is -0.909. The lowest BCUT2D eigenvalue weighted by Gasteiger charge is -2.33. The average molecular weight is 503 g/mol. The Kier molecular flexibility index (Phi) is 8.81. The van der Waals surface area contributed by atoms with Crippen molar-refractivity contribution in [1.82, 2.24) is 0 Å². The Morgan fingerprint density at radius 1 is 0.944 bits per heavy atom. The van der Waals surface area contributed by atoms with Gasteiger partial charge in [-0.25, -0.2) is 0 Å². The molecule has 1 aliphatic heterocycles. The quantitative estimate of drug-likeness (QED) is 0.334. The van der Waals surface area contributed by atoms with Gasteiger partial charge in [-0.05, 0) is 39.8 Å². The number of rotatable bonds is 10. The zero-order valence-corrected chi connectivity index (χ0v) is 21.9. The lowest BCUT2D eigenvalue weighted by atomic mass is 9.86. The predicted octanol–water partition coefficient (Wildman–Crippen LogP) is 6.20. The molecule has 0 bridgehead atoms. The van der Waals surface area contributed by atoms with Crippen LogP contribution in [0.5, 0.6) is 0 Å². The second kappa shape index (κ2) is 12.0. The molecule has 3 atom stereocenters. The van der Waals surface area contributed by atoms with Crippen molar-refractivity contribution in [2.75, 3.05) is 6.61 Å². The highest BCUT2D eigenvalue weighted by atomic mass is 32.2. The number of benzene rings is 3. The Bertz CT molecular complexity index is 1170. The molecule has 3 aromatic rings. The second-order valence-corrected chi connectivity index (χ2v) is 11.3. The van der Waals surface area contributed by atoms with Crippen LogP contribution in [0.2, 0.25) is 0 Å². The number of thioether (sulfide) groups is 1. The molecule has 0 amide bonds. The molecule has 1 N–H and O–H groups in total. The zero-order valence-electron chi connectivity index (χ0n) is 21.1. The van der Waals surface area contributed by atoms with Gasteiger partial charge in [0, 0.05) is 10.5 Å². The van der Waals surface area contributed by atoms with E-state index in [2.05, 4.69) is 39.0 Å². The highest BCUT2D eigenvalue weighted by molar-refractivity contribution is 8.00. The number of hydrogen-bond donors (Lipinski definition) is 1. The molecular weight excluding hydrogens is 468 g/mol. The fraction of sp³-hybridized carbons (Fsp3) is 0.323. The van der Waals surface area contributed by atoms with Gasteiger partial charge in [0.2, 0.25) is 0 Å². The minimum absolute atomic E-state index is 0.0132. The van der Waals surface area contributed by atoms with Crippen LogP contribution in [0.15, 0.2) is 89.3 Å². The van der Waals surface area contributed by atoms with Crippen LogP contribution in [0.1, 0.15) is 43.0 Å². The number of aliphatic hydroxyl groups excluding tert-OH is 1. The molecule has 1 heterocycles. The van der Waals surface area contributed by atoms with Crippen molar-refractivity contribution in [1.29, 1.82) is 0 Å². The summed E-state index contributed by atoms with van der Waals surface area (Å²) in [6, 6.07) is 26.1. The largest absolute Gasteiger partial charge is 0.388 e. The lowest BCUT2D eigenvalue weighted by molar-refractivity contribution is -0.106. The summed E-state index contributed by atoms with van der Waals surface area (Å²) in [5.41, 5.74) is 4.91. The van der Waals surface area contributed by atoms with Gasteiger partial charge < -0.3 is 14.6 Å². The van der Waals surface area contributed by atoms with E-state index in [1.807, 2.05) is 66.7 Å². The van der Waals surface area contributed by atoms with Gasteiger partial charge in [-0.15, -0.1) is 11.8 Å². The molecule has 1 aliphatic rings. The first-order chi connectivity index (χ1) is 17.3. The SMILES string of the molecule is CC(C)(C)c1ccc2c(c1)C=C(C=O)C(C(OCc1ccccc1)C(O)COCc1ccccc1)S2. The lowest BCUT2D eigenvalue weighted by Crippen LogP contribution is -2.42. The fourth-order valence-electron chi connectivity index (χ4n) is 4.19. The molecule has 4 rings (SSSR count). The van der Waals surface area contributed by atoms with Gasteiger partial charge in [0.25, 0.3) is 0 Å². The van der Waals surface area contributed by atoms with Gasteiger partial charge in [-0.3, -0.25) is 4.79 Å². The Hall–Kier alpha value is -2.70. The average Bonchev–Trinajstić information content (AvgIpc) is 2.88. The summed E-state index contributed by atoms with van der Waals surface area (Å²) in [7, 11) is 0. The molecule has 0 spiro atoms. The molecule has 5 heteroatoms. The summed E-state index contributed by atoms with van der Waals surface area (Å²) < 4.78 is 12.2. The van der Waals surface area contributed by atoms with Crippen LogP contribution in [0.4, 0.5) is 0 Å². The van der Waals surface area contributed by atoms with E-state index in [1.54, 1.807) is 11.8 Å². The topological polar surface area (TPSA) is 55.8 Å². The molecule has 0 saturated carbocycles. The Balaban J connectivity index is 1.55. The van der Waals surface area contributed by atoms with E-state index in [0.29, 0.717) is 18.8 Å². The van der Waals surface area contributed by atoms with Crippen molar-refractivity contribution < 1.29 is 19.4 Å². The van der Waals surface area contributed by atoms with E-state index in [-0.39, 0.29) is 17.3 Å². The van der Waals surface area contributed by atoms with Crippen LogP contribution in [-0.4, -0.2) is 35.5 Å². The van der Waals surface area contributed by atoms with Crippen molar-refractivity contribution >= 4 is 24.1 Å². The van der Waals surface area contributed by atoms with Crippen molar-refractivity contribution in [3.05, 3.63) is 107 Å². The Morgan fingerprint density at radius 3 is 2.19 bits per heavy atom. The summed E-state index contributed by atoms with van der Waals surface area (Å²) in [5, 5.41) is 10.9. The summed E-state index contributed by atoms with van der Waals surface area (Å²) >= 11 is 1.57. The maximum Gasteiger partial charge on any atom is 0.147 e. The van der Waals surface area contributed by atoms with E-state index in [1.165, 1.54) is 5.56 Å². The number of ether oxygens (including phenoxy) is 2. The van der Waals surface area contributed by atoms with Crippen molar-refractivity contribution in [2.45, 2.75) is 61.8 Å². The van der Waals surface area contributed by atoms with Crippen molar-refractivity contribution in [2.24, 2.45) is 0 Å². The number of fused-ring (bicyclic) bond motifs is 1. The van der Waals surface area contributed by atoms with Crippen LogP contribution < -0.4 is 0 Å². The molecule has 0 saturated heterocycles. The molecule has 3 unspecified atom stereocenters. The van der Waals surface area contributed by atoms with Crippen LogP contribution in [0.25, 0.3) is 6.08 Å². The van der Waals surface area contributed by atoms with Gasteiger partial charge >= 0.3 is 0 Å². The number of hydrogen-bond acceptors (Lipinski definition) is 5. The smallest absolute Gasteiger partial charge is 0.147 e. The van der Waals surface area contributed by atoms with E-state index < -0.39 is 12.2 Å². The van der Waals surface area contributed by atoms with Gasteiger partial charge in [0.1, 0.15) is 18.5 Å². The van der Waals surface area contributed by atoms with E-state index >= 15 is 0 Å². The Labute approximate surface area is 218 Å². The first-order valence-corrected chi connectivity index (χ1v) is 13.2. The third-order valence-corrected chi connectivity index (χ3v) is 7.70. The molecule has 36 heavy (non-hydrogen) atoms. The molecular formula is C31H34O4S. The maximum absolute atomic E-state index is 12.2. The number of aldehydes is 1. The van der Waals surface area contributed by atoms with Crippen LogP contribution >= 0.6 is 11.8 Å². The highest BCUT2D eigenvalue weighted by Gasteiger charge is 2.36. The zero-order chi connectivity index (χ0) is 25.5. The second-order valence-electron chi connectivity index (χ2n) is 10.1. The minimum Gasteiger partial charge on any atom is -0.388 e. The Morgan fingerprint density at radius 2 is 1.58 bits per heavy atom. The van der Waals surface area contributed by atoms with Gasteiger partial charge in [-0.2, -0.15) is 0 Å². The molecule has 3 aromatic carbocycles. The van der Waals surface area contributed by atoms with E-state index in [4.69, 9.17) is 9.47 Å². The number of carbonyl (C=O) groups excluding carboxylic acids is 1. The molecule has 0 aliphatic carbocycles. The first kappa shape index (κ1) is 26.4.